The molecule has 0 bridgehead atoms. The lowest BCUT2D eigenvalue weighted by atomic mass is 9.87. The fourth-order valence-electron chi connectivity index (χ4n) is 2.41. The number of nitrogens with zero attached hydrogens (tertiary/aromatic N) is 1. The van der Waals surface area contributed by atoms with Crippen LogP contribution in [0.4, 0.5) is 0 Å². The highest BCUT2D eigenvalue weighted by Gasteiger charge is 2.12. The number of carbonyl (C=O) groups is 2. The quantitative estimate of drug-likeness (QED) is 0.525. The summed E-state index contributed by atoms with van der Waals surface area (Å²) in [6.07, 6.45) is 13.0. The van der Waals surface area contributed by atoms with Crippen molar-refractivity contribution < 1.29 is 24.5 Å². The van der Waals surface area contributed by atoms with Crippen molar-refractivity contribution in [2.24, 2.45) is 5.92 Å². The highest BCUT2D eigenvalue weighted by atomic mass is 16.5. The summed E-state index contributed by atoms with van der Waals surface area (Å²) in [6.45, 7) is 1.57. The number of H-pyrrole nitrogens is 1. The van der Waals surface area contributed by atoms with E-state index in [0.717, 1.165) is 18.2 Å². The second kappa shape index (κ2) is 11.4. The first-order chi connectivity index (χ1) is 11.1. The Bertz CT molecular complexity index is 463. The lowest BCUT2D eigenvalue weighted by Crippen LogP contribution is -2.09. The average molecular weight is 324 g/mol. The minimum Gasteiger partial charge on any atom is -0.478 e. The summed E-state index contributed by atoms with van der Waals surface area (Å²) in [5, 5.41) is 15.6. The van der Waals surface area contributed by atoms with Gasteiger partial charge in [0.1, 0.15) is 0 Å². The van der Waals surface area contributed by atoms with Crippen molar-refractivity contribution in [3.05, 3.63) is 30.4 Å². The van der Waals surface area contributed by atoms with Gasteiger partial charge in [0.15, 0.2) is 0 Å². The first-order valence-electron chi connectivity index (χ1n) is 7.77. The van der Waals surface area contributed by atoms with Crippen LogP contribution in [0.3, 0.4) is 0 Å². The van der Waals surface area contributed by atoms with Crippen molar-refractivity contribution in [3.63, 3.8) is 0 Å². The van der Waals surface area contributed by atoms with Crippen molar-refractivity contribution in [1.82, 2.24) is 9.97 Å². The first-order valence-corrected chi connectivity index (χ1v) is 7.77. The Morgan fingerprint density at radius 1 is 1.22 bits per heavy atom. The molecule has 0 amide bonds. The van der Waals surface area contributed by atoms with Crippen molar-refractivity contribution >= 4 is 11.9 Å². The standard InChI is InChI=1S/C12H20N2O.C4H4O4/c1-2-4-11(5-3-1)6-7-15-9-12-8-13-10-14-12;5-3(6)1-2-4(7)8/h8,10-11H,1-7,9H2,(H,13,14);1-2H,(H,5,6)(H,7,8)/b;2-1-. The Balaban J connectivity index is 0.000000284. The minimum atomic E-state index is -1.26. The molecule has 1 heterocycles. The number of ether oxygens (including phenoxy) is 1. The molecule has 3 N–H and O–H groups in total. The molecule has 2 rings (SSSR count). The van der Waals surface area contributed by atoms with E-state index in [9.17, 15) is 9.59 Å². The lowest BCUT2D eigenvalue weighted by Gasteiger charge is -2.21. The van der Waals surface area contributed by atoms with Crippen molar-refractivity contribution in [1.29, 1.82) is 0 Å². The molecule has 23 heavy (non-hydrogen) atoms. The zero-order valence-electron chi connectivity index (χ0n) is 13.1. The van der Waals surface area contributed by atoms with E-state index in [-0.39, 0.29) is 0 Å². The molecule has 1 fully saturated rings. The number of rotatable bonds is 7. The summed E-state index contributed by atoms with van der Waals surface area (Å²) >= 11 is 0. The highest BCUT2D eigenvalue weighted by Crippen LogP contribution is 2.26. The van der Waals surface area contributed by atoms with Gasteiger partial charge in [-0.2, -0.15) is 0 Å². The largest absolute Gasteiger partial charge is 0.478 e. The Labute approximate surface area is 135 Å². The van der Waals surface area contributed by atoms with Crippen LogP contribution in [0.5, 0.6) is 0 Å². The third kappa shape index (κ3) is 10.2. The number of hydrogen-bond donors (Lipinski definition) is 3. The van der Waals surface area contributed by atoms with E-state index in [1.54, 1.807) is 6.33 Å². The van der Waals surface area contributed by atoms with E-state index >= 15 is 0 Å². The van der Waals surface area contributed by atoms with Crippen LogP contribution in [-0.2, 0) is 20.9 Å². The van der Waals surface area contributed by atoms with E-state index in [4.69, 9.17) is 14.9 Å². The van der Waals surface area contributed by atoms with Crippen molar-refractivity contribution in [3.8, 4) is 0 Å². The first kappa shape index (κ1) is 18.9. The van der Waals surface area contributed by atoms with Gasteiger partial charge in [0.25, 0.3) is 0 Å². The number of hydrogen-bond acceptors (Lipinski definition) is 4. The van der Waals surface area contributed by atoms with Crippen molar-refractivity contribution in [2.45, 2.75) is 45.1 Å². The molecule has 0 saturated heterocycles. The van der Waals surface area contributed by atoms with Gasteiger partial charge in [0, 0.05) is 18.8 Å². The maximum Gasteiger partial charge on any atom is 0.328 e. The summed E-state index contributed by atoms with van der Waals surface area (Å²) in [7, 11) is 0. The molecule has 0 atom stereocenters. The van der Waals surface area contributed by atoms with Crippen LogP contribution in [0.15, 0.2) is 24.7 Å². The molecule has 0 unspecified atom stereocenters. The molecule has 128 valence electrons. The van der Waals surface area contributed by atoms with Crippen molar-refractivity contribution in [2.75, 3.05) is 6.61 Å². The van der Waals surface area contributed by atoms with Crippen LogP contribution < -0.4 is 0 Å². The fraction of sp³-hybridized carbons (Fsp3) is 0.562. The average Bonchev–Trinajstić information content (AvgIpc) is 3.05. The number of imidazole rings is 1. The third-order valence-corrected chi connectivity index (χ3v) is 3.58. The van der Waals surface area contributed by atoms with Gasteiger partial charge in [-0.1, -0.05) is 32.1 Å². The van der Waals surface area contributed by atoms with Gasteiger partial charge >= 0.3 is 11.9 Å². The molecule has 1 aliphatic rings. The second-order valence-electron chi connectivity index (χ2n) is 5.43. The molecule has 1 aliphatic carbocycles. The van der Waals surface area contributed by atoms with E-state index in [0.29, 0.717) is 18.8 Å². The van der Waals surface area contributed by atoms with E-state index < -0.39 is 11.9 Å². The molecule has 0 radical (unpaired) electrons. The molecule has 1 aromatic rings. The van der Waals surface area contributed by atoms with Crippen LogP contribution >= 0.6 is 0 Å². The normalized spacial score (nSPS) is 15.1. The fourth-order valence-corrected chi connectivity index (χ4v) is 2.41. The summed E-state index contributed by atoms with van der Waals surface area (Å²) in [5.41, 5.74) is 1.07. The SMILES string of the molecule is O=C(O)/C=C\C(=O)O.c1ncc(COCCC2CCCCC2)[nH]1. The monoisotopic (exact) mass is 324 g/mol. The third-order valence-electron chi connectivity index (χ3n) is 3.58. The lowest BCUT2D eigenvalue weighted by molar-refractivity contribution is -0.134. The number of nitrogens with one attached hydrogen (secondary N) is 1. The van der Waals surface area contributed by atoms with Gasteiger partial charge in [-0.3, -0.25) is 0 Å². The summed E-state index contributed by atoms with van der Waals surface area (Å²) in [5.74, 6) is -1.60. The van der Waals surface area contributed by atoms with E-state index in [1.165, 1.54) is 38.5 Å². The molecule has 0 aromatic carbocycles. The number of carboxylic acid groups (broad SMARTS) is 2. The topological polar surface area (TPSA) is 113 Å². The molecule has 0 spiro atoms. The van der Waals surface area contributed by atoms with Gasteiger partial charge in [-0.15, -0.1) is 0 Å². The smallest absolute Gasteiger partial charge is 0.328 e. The molecule has 7 heteroatoms. The van der Waals surface area contributed by atoms with Crippen LogP contribution in [0, 0.1) is 5.92 Å². The van der Waals surface area contributed by atoms with Gasteiger partial charge in [-0.25, -0.2) is 14.6 Å². The summed E-state index contributed by atoms with van der Waals surface area (Å²) < 4.78 is 5.61. The molecular weight excluding hydrogens is 300 g/mol. The Morgan fingerprint density at radius 3 is 2.39 bits per heavy atom. The van der Waals surface area contributed by atoms with Crippen LogP contribution in [0.25, 0.3) is 0 Å². The summed E-state index contributed by atoms with van der Waals surface area (Å²) in [6, 6.07) is 0. The Hall–Kier alpha value is -2.15. The maximum absolute atomic E-state index is 9.55. The number of aromatic amines is 1. The zero-order chi connectivity index (χ0) is 16.9. The predicted molar refractivity (Wildman–Crippen MR) is 83.8 cm³/mol. The summed E-state index contributed by atoms with van der Waals surface area (Å²) in [4.78, 5) is 26.1. The van der Waals surface area contributed by atoms with Crippen LogP contribution in [-0.4, -0.2) is 38.7 Å². The number of aliphatic carboxylic acids is 2. The Kier molecular flexibility index (Phi) is 9.38. The van der Waals surface area contributed by atoms with Gasteiger partial charge in [-0.05, 0) is 12.3 Å². The number of carboxylic acids is 2. The van der Waals surface area contributed by atoms with E-state index in [1.807, 2.05) is 6.20 Å². The van der Waals surface area contributed by atoms with E-state index in [2.05, 4.69) is 9.97 Å². The second-order valence-corrected chi connectivity index (χ2v) is 5.43. The predicted octanol–water partition coefficient (Wildman–Crippen LogP) is 2.61. The minimum absolute atomic E-state index is 0.558. The molecule has 0 aliphatic heterocycles. The van der Waals surface area contributed by atoms with Crippen LogP contribution in [0.1, 0.15) is 44.2 Å². The molecule has 1 saturated carbocycles. The van der Waals surface area contributed by atoms with Gasteiger partial charge in [0.2, 0.25) is 0 Å². The highest BCUT2D eigenvalue weighted by molar-refractivity contribution is 5.89. The maximum atomic E-state index is 9.55. The Morgan fingerprint density at radius 2 is 1.87 bits per heavy atom. The molecular formula is C16H24N2O5. The van der Waals surface area contributed by atoms with Crippen LogP contribution in [0.2, 0.25) is 0 Å². The molecule has 7 nitrogen and oxygen atoms in total. The van der Waals surface area contributed by atoms with Gasteiger partial charge in [0.05, 0.1) is 24.8 Å². The zero-order valence-corrected chi connectivity index (χ0v) is 13.1. The molecule has 1 aromatic heterocycles. The number of aromatic nitrogens is 2. The van der Waals surface area contributed by atoms with Gasteiger partial charge < -0.3 is 19.9 Å².